The molecule has 1 aromatic rings. The summed E-state index contributed by atoms with van der Waals surface area (Å²) in [6, 6.07) is 2.48. The average Bonchev–Trinajstić information content (AvgIpc) is 2.67. The molecule has 1 N–H and O–H groups in total. The number of sulfonamides is 1. The van der Waals surface area contributed by atoms with Crippen molar-refractivity contribution in [2.45, 2.75) is 44.7 Å². The standard InChI is InChI=1S/C15H23NO5S2/c1-5-16(13-8-22(18,19)9-14(13)17)23(20,21)15-7-11(3)10(2)6-12(15)4/h6-7,13-14,17H,5,8-9H2,1-4H3/t13-,14-/m0/s1. The van der Waals surface area contributed by atoms with Crippen LogP contribution in [0.15, 0.2) is 17.0 Å². The van der Waals surface area contributed by atoms with Crippen molar-refractivity contribution < 1.29 is 21.9 Å². The fourth-order valence-electron chi connectivity index (χ4n) is 3.01. The summed E-state index contributed by atoms with van der Waals surface area (Å²) in [5.41, 5.74) is 2.46. The number of nitrogens with zero attached hydrogens (tertiary/aromatic N) is 1. The van der Waals surface area contributed by atoms with Crippen molar-refractivity contribution >= 4 is 19.9 Å². The molecular weight excluding hydrogens is 338 g/mol. The van der Waals surface area contributed by atoms with Gasteiger partial charge in [-0.1, -0.05) is 13.0 Å². The lowest BCUT2D eigenvalue weighted by atomic mass is 10.1. The predicted octanol–water partition coefficient (Wildman–Crippen LogP) is 0.780. The third kappa shape index (κ3) is 3.45. The normalized spacial score (nSPS) is 24.3. The number of aliphatic hydroxyl groups is 1. The van der Waals surface area contributed by atoms with Crippen LogP contribution in [0.5, 0.6) is 0 Å². The van der Waals surface area contributed by atoms with E-state index in [2.05, 4.69) is 0 Å². The molecule has 1 saturated heterocycles. The minimum Gasteiger partial charge on any atom is -0.390 e. The zero-order chi connectivity index (χ0) is 17.6. The highest BCUT2D eigenvalue weighted by Gasteiger charge is 2.44. The lowest BCUT2D eigenvalue weighted by Crippen LogP contribution is -2.46. The maximum absolute atomic E-state index is 13.0. The van der Waals surface area contributed by atoms with Crippen molar-refractivity contribution in [1.82, 2.24) is 4.31 Å². The highest BCUT2D eigenvalue weighted by molar-refractivity contribution is 7.92. The van der Waals surface area contributed by atoms with Crippen LogP contribution < -0.4 is 0 Å². The Labute approximate surface area is 138 Å². The highest BCUT2D eigenvalue weighted by Crippen LogP contribution is 2.28. The van der Waals surface area contributed by atoms with Gasteiger partial charge in [-0.15, -0.1) is 0 Å². The fraction of sp³-hybridized carbons (Fsp3) is 0.600. The van der Waals surface area contributed by atoms with Crippen molar-refractivity contribution in [1.29, 1.82) is 0 Å². The smallest absolute Gasteiger partial charge is 0.243 e. The van der Waals surface area contributed by atoms with E-state index in [0.717, 1.165) is 15.4 Å². The van der Waals surface area contributed by atoms with Gasteiger partial charge in [-0.2, -0.15) is 4.31 Å². The van der Waals surface area contributed by atoms with E-state index >= 15 is 0 Å². The molecule has 1 fully saturated rings. The lowest BCUT2D eigenvalue weighted by Gasteiger charge is -2.29. The SMILES string of the molecule is CCN([C@H]1CS(=O)(=O)C[C@@H]1O)S(=O)(=O)c1cc(C)c(C)cc1C. The van der Waals surface area contributed by atoms with Gasteiger partial charge in [0.15, 0.2) is 9.84 Å². The number of benzene rings is 1. The second-order valence-corrected chi connectivity index (χ2v) is 10.1. The van der Waals surface area contributed by atoms with Gasteiger partial charge in [-0.05, 0) is 43.5 Å². The van der Waals surface area contributed by atoms with E-state index in [9.17, 15) is 21.9 Å². The molecule has 23 heavy (non-hydrogen) atoms. The number of sulfone groups is 1. The van der Waals surface area contributed by atoms with Crippen LogP contribution in [-0.2, 0) is 19.9 Å². The van der Waals surface area contributed by atoms with Gasteiger partial charge < -0.3 is 5.11 Å². The molecule has 0 bridgehead atoms. The summed E-state index contributed by atoms with van der Waals surface area (Å²) in [7, 11) is -7.30. The Kier molecular flexibility index (Phi) is 4.92. The van der Waals surface area contributed by atoms with E-state index in [0.29, 0.717) is 5.56 Å². The van der Waals surface area contributed by atoms with E-state index in [4.69, 9.17) is 0 Å². The van der Waals surface area contributed by atoms with Crippen LogP contribution in [0, 0.1) is 20.8 Å². The topological polar surface area (TPSA) is 91.8 Å². The first-order valence-electron chi connectivity index (χ1n) is 7.47. The predicted molar refractivity (Wildman–Crippen MR) is 88.7 cm³/mol. The molecule has 130 valence electrons. The molecule has 0 saturated carbocycles. The Balaban J connectivity index is 2.51. The third-order valence-electron chi connectivity index (χ3n) is 4.35. The summed E-state index contributed by atoms with van der Waals surface area (Å²) in [5.74, 6) is -0.735. The first-order chi connectivity index (χ1) is 10.5. The molecule has 1 aliphatic rings. The molecular formula is C15H23NO5S2. The van der Waals surface area contributed by atoms with Gasteiger partial charge >= 0.3 is 0 Å². The van der Waals surface area contributed by atoms with Crippen molar-refractivity contribution in [3.05, 3.63) is 28.8 Å². The number of aryl methyl sites for hydroxylation is 3. The van der Waals surface area contributed by atoms with Crippen LogP contribution in [0.3, 0.4) is 0 Å². The first-order valence-corrected chi connectivity index (χ1v) is 10.7. The summed E-state index contributed by atoms with van der Waals surface area (Å²) < 4.78 is 50.6. The molecule has 0 radical (unpaired) electrons. The Bertz CT molecular complexity index is 815. The van der Waals surface area contributed by atoms with Crippen LogP contribution >= 0.6 is 0 Å². The zero-order valence-electron chi connectivity index (χ0n) is 13.8. The molecule has 1 aliphatic heterocycles. The minimum absolute atomic E-state index is 0.103. The minimum atomic E-state index is -3.88. The Morgan fingerprint density at radius 2 is 1.70 bits per heavy atom. The van der Waals surface area contributed by atoms with E-state index < -0.39 is 37.8 Å². The second-order valence-electron chi connectivity index (χ2n) is 6.12. The summed E-state index contributed by atoms with van der Waals surface area (Å²) in [6.45, 7) is 7.20. The molecule has 1 heterocycles. The van der Waals surface area contributed by atoms with E-state index in [-0.39, 0.29) is 17.2 Å². The van der Waals surface area contributed by atoms with Gasteiger partial charge in [0.05, 0.1) is 28.5 Å². The van der Waals surface area contributed by atoms with Gasteiger partial charge in [0.25, 0.3) is 0 Å². The van der Waals surface area contributed by atoms with Gasteiger partial charge in [0.2, 0.25) is 10.0 Å². The van der Waals surface area contributed by atoms with E-state index in [1.807, 2.05) is 13.8 Å². The van der Waals surface area contributed by atoms with Crippen molar-refractivity contribution in [3.8, 4) is 0 Å². The van der Waals surface area contributed by atoms with Gasteiger partial charge in [-0.25, -0.2) is 16.8 Å². The molecule has 0 aliphatic carbocycles. The molecule has 0 aromatic heterocycles. The van der Waals surface area contributed by atoms with Crippen molar-refractivity contribution in [3.63, 3.8) is 0 Å². The average molecular weight is 361 g/mol. The molecule has 0 amide bonds. The Morgan fingerprint density at radius 3 is 2.17 bits per heavy atom. The maximum atomic E-state index is 13.0. The van der Waals surface area contributed by atoms with E-state index in [1.54, 1.807) is 26.0 Å². The maximum Gasteiger partial charge on any atom is 0.243 e. The van der Waals surface area contributed by atoms with Gasteiger partial charge in [-0.3, -0.25) is 0 Å². The number of rotatable bonds is 4. The molecule has 8 heteroatoms. The molecule has 6 nitrogen and oxygen atoms in total. The molecule has 1 aromatic carbocycles. The monoisotopic (exact) mass is 361 g/mol. The molecule has 2 atom stereocenters. The van der Waals surface area contributed by atoms with Crippen molar-refractivity contribution in [2.24, 2.45) is 0 Å². The quantitative estimate of drug-likeness (QED) is 0.856. The molecule has 0 spiro atoms. The number of hydrogen-bond donors (Lipinski definition) is 1. The van der Waals surface area contributed by atoms with Crippen LogP contribution in [0.25, 0.3) is 0 Å². The third-order valence-corrected chi connectivity index (χ3v) is 8.19. The Hall–Kier alpha value is -0.960. The molecule has 2 rings (SSSR count). The highest BCUT2D eigenvalue weighted by atomic mass is 32.2. The lowest BCUT2D eigenvalue weighted by molar-refractivity contribution is 0.130. The second kappa shape index (κ2) is 6.16. The first kappa shape index (κ1) is 18.4. The van der Waals surface area contributed by atoms with Crippen molar-refractivity contribution in [2.75, 3.05) is 18.1 Å². The van der Waals surface area contributed by atoms with Crippen LogP contribution in [0.2, 0.25) is 0 Å². The summed E-state index contributed by atoms with van der Waals surface area (Å²) in [6.07, 6.45) is -1.19. The van der Waals surface area contributed by atoms with Gasteiger partial charge in [0.1, 0.15) is 0 Å². The van der Waals surface area contributed by atoms with Crippen LogP contribution in [0.4, 0.5) is 0 Å². The summed E-state index contributed by atoms with van der Waals surface area (Å²) in [4.78, 5) is 0.166. The number of likely N-dealkylation sites (N-methyl/N-ethyl adjacent to an activating group) is 1. The largest absolute Gasteiger partial charge is 0.390 e. The Morgan fingerprint density at radius 1 is 1.13 bits per heavy atom. The zero-order valence-corrected chi connectivity index (χ0v) is 15.4. The van der Waals surface area contributed by atoms with Crippen LogP contribution in [0.1, 0.15) is 23.6 Å². The number of hydrogen-bond acceptors (Lipinski definition) is 5. The van der Waals surface area contributed by atoms with Gasteiger partial charge in [0, 0.05) is 6.54 Å². The molecule has 0 unspecified atom stereocenters. The van der Waals surface area contributed by atoms with Crippen LogP contribution in [-0.4, -0.2) is 56.4 Å². The fourth-order valence-corrected chi connectivity index (χ4v) is 6.86. The summed E-state index contributed by atoms with van der Waals surface area (Å²) in [5, 5.41) is 10.0. The van der Waals surface area contributed by atoms with E-state index in [1.165, 1.54) is 0 Å². The summed E-state index contributed by atoms with van der Waals surface area (Å²) >= 11 is 0. The number of aliphatic hydroxyl groups excluding tert-OH is 1.